The van der Waals surface area contributed by atoms with Crippen molar-refractivity contribution in [1.29, 1.82) is 0 Å². The highest BCUT2D eigenvalue weighted by Gasteiger charge is 2.22. The van der Waals surface area contributed by atoms with E-state index < -0.39 is 0 Å². The van der Waals surface area contributed by atoms with Crippen molar-refractivity contribution in [3.8, 4) is 11.5 Å². The fourth-order valence-corrected chi connectivity index (χ4v) is 2.80. The van der Waals surface area contributed by atoms with Crippen LogP contribution < -0.4 is 14.8 Å². The summed E-state index contributed by atoms with van der Waals surface area (Å²) in [6.07, 6.45) is 2.48. The van der Waals surface area contributed by atoms with E-state index in [4.69, 9.17) is 21.1 Å². The zero-order chi connectivity index (χ0) is 15.4. The molecule has 0 bridgehead atoms. The fraction of sp³-hybridized carbons (Fsp3) is 0.438. The molecule has 0 saturated carbocycles. The summed E-state index contributed by atoms with van der Waals surface area (Å²) in [7, 11) is 3.22. The molecule has 0 spiro atoms. The summed E-state index contributed by atoms with van der Waals surface area (Å²) in [6.45, 7) is 1.92. The lowest BCUT2D eigenvalue weighted by Gasteiger charge is -2.18. The number of carbonyl (C=O) groups is 1. The van der Waals surface area contributed by atoms with Crippen molar-refractivity contribution < 1.29 is 14.3 Å². The van der Waals surface area contributed by atoms with Gasteiger partial charge in [0, 0.05) is 16.2 Å². The van der Waals surface area contributed by atoms with Crippen molar-refractivity contribution in [3.63, 3.8) is 0 Å². The SMILES string of the molecule is COc1ccc(OC)c([C@H](C)NC(=O)C2=C(Cl)CCC2)c1. The van der Waals surface area contributed by atoms with Gasteiger partial charge in [-0.25, -0.2) is 0 Å². The molecule has 0 aromatic heterocycles. The number of amides is 1. The van der Waals surface area contributed by atoms with E-state index in [1.54, 1.807) is 14.2 Å². The van der Waals surface area contributed by atoms with E-state index in [1.807, 2.05) is 25.1 Å². The van der Waals surface area contributed by atoms with E-state index in [-0.39, 0.29) is 11.9 Å². The lowest BCUT2D eigenvalue weighted by molar-refractivity contribution is -0.118. The maximum Gasteiger partial charge on any atom is 0.248 e. The topological polar surface area (TPSA) is 47.6 Å². The van der Waals surface area contributed by atoms with Gasteiger partial charge in [-0.15, -0.1) is 0 Å². The van der Waals surface area contributed by atoms with Crippen LogP contribution in [0.25, 0.3) is 0 Å². The van der Waals surface area contributed by atoms with Crippen LogP contribution in [0.5, 0.6) is 11.5 Å². The molecule has 1 aliphatic rings. The molecule has 1 aromatic carbocycles. The Kier molecular flexibility index (Phi) is 5.12. The molecule has 1 atom stereocenters. The van der Waals surface area contributed by atoms with Gasteiger partial charge in [-0.2, -0.15) is 0 Å². The molecule has 1 aliphatic carbocycles. The van der Waals surface area contributed by atoms with E-state index in [0.717, 1.165) is 36.3 Å². The van der Waals surface area contributed by atoms with Gasteiger partial charge in [0.05, 0.1) is 20.3 Å². The number of methoxy groups -OCH3 is 2. The number of carbonyl (C=O) groups excluding carboxylic acids is 1. The van der Waals surface area contributed by atoms with Crippen LogP contribution in [0.1, 0.15) is 37.8 Å². The molecular weight excluding hydrogens is 290 g/mol. The zero-order valence-corrected chi connectivity index (χ0v) is 13.3. The van der Waals surface area contributed by atoms with Gasteiger partial charge in [-0.05, 0) is 44.4 Å². The van der Waals surface area contributed by atoms with E-state index in [0.29, 0.717) is 10.6 Å². The van der Waals surface area contributed by atoms with Gasteiger partial charge < -0.3 is 14.8 Å². The predicted octanol–water partition coefficient (Wildman–Crippen LogP) is 3.56. The highest BCUT2D eigenvalue weighted by Crippen LogP contribution is 2.32. The van der Waals surface area contributed by atoms with Crippen molar-refractivity contribution in [2.75, 3.05) is 14.2 Å². The first-order valence-electron chi connectivity index (χ1n) is 6.97. The summed E-state index contributed by atoms with van der Waals surface area (Å²) in [5, 5.41) is 3.66. The van der Waals surface area contributed by atoms with Crippen LogP contribution in [0.3, 0.4) is 0 Å². The van der Waals surface area contributed by atoms with Crippen LogP contribution in [0.2, 0.25) is 0 Å². The van der Waals surface area contributed by atoms with Gasteiger partial charge in [-0.3, -0.25) is 4.79 Å². The van der Waals surface area contributed by atoms with Gasteiger partial charge in [-0.1, -0.05) is 11.6 Å². The van der Waals surface area contributed by atoms with Crippen LogP contribution in [0.15, 0.2) is 28.8 Å². The van der Waals surface area contributed by atoms with Crippen molar-refractivity contribution in [3.05, 3.63) is 34.4 Å². The van der Waals surface area contributed by atoms with Gasteiger partial charge in [0.2, 0.25) is 5.91 Å². The Balaban J connectivity index is 2.18. The molecule has 0 heterocycles. The largest absolute Gasteiger partial charge is 0.497 e. The Hall–Kier alpha value is -1.68. The van der Waals surface area contributed by atoms with Gasteiger partial charge >= 0.3 is 0 Å². The maximum atomic E-state index is 12.3. The van der Waals surface area contributed by atoms with Gasteiger partial charge in [0.15, 0.2) is 0 Å². The molecule has 1 aromatic rings. The Labute approximate surface area is 130 Å². The number of benzene rings is 1. The molecule has 1 N–H and O–H groups in total. The minimum Gasteiger partial charge on any atom is -0.497 e. The van der Waals surface area contributed by atoms with E-state index in [9.17, 15) is 4.79 Å². The molecule has 1 amide bonds. The minimum atomic E-state index is -0.194. The third kappa shape index (κ3) is 3.50. The first-order valence-corrected chi connectivity index (χ1v) is 7.35. The molecule has 0 saturated heterocycles. The molecule has 0 radical (unpaired) electrons. The fourth-order valence-electron chi connectivity index (χ4n) is 2.48. The molecule has 0 fully saturated rings. The molecule has 0 aliphatic heterocycles. The number of nitrogens with one attached hydrogen (secondary N) is 1. The minimum absolute atomic E-state index is 0.102. The smallest absolute Gasteiger partial charge is 0.248 e. The monoisotopic (exact) mass is 309 g/mol. The quantitative estimate of drug-likeness (QED) is 0.904. The maximum absolute atomic E-state index is 12.3. The lowest BCUT2D eigenvalue weighted by Crippen LogP contribution is -2.28. The Bertz CT molecular complexity index is 569. The molecule has 114 valence electrons. The second kappa shape index (κ2) is 6.85. The molecule has 4 nitrogen and oxygen atoms in total. The summed E-state index contributed by atoms with van der Waals surface area (Å²) in [4.78, 5) is 12.3. The second-order valence-electron chi connectivity index (χ2n) is 5.04. The number of allylic oxidation sites excluding steroid dienone is 1. The van der Waals surface area contributed by atoms with Crippen molar-refractivity contribution >= 4 is 17.5 Å². The third-order valence-corrected chi connectivity index (χ3v) is 4.09. The van der Waals surface area contributed by atoms with Crippen LogP contribution >= 0.6 is 11.6 Å². The summed E-state index contributed by atoms with van der Waals surface area (Å²) < 4.78 is 10.6. The van der Waals surface area contributed by atoms with Crippen LogP contribution in [-0.4, -0.2) is 20.1 Å². The van der Waals surface area contributed by atoms with Gasteiger partial charge in [0.1, 0.15) is 11.5 Å². The van der Waals surface area contributed by atoms with Crippen molar-refractivity contribution in [2.45, 2.75) is 32.2 Å². The average Bonchev–Trinajstić information content (AvgIpc) is 2.92. The Morgan fingerprint density at radius 2 is 2.05 bits per heavy atom. The normalized spacial score (nSPS) is 15.8. The highest BCUT2D eigenvalue weighted by molar-refractivity contribution is 6.32. The van der Waals surface area contributed by atoms with Crippen LogP contribution in [0.4, 0.5) is 0 Å². The number of hydrogen-bond acceptors (Lipinski definition) is 3. The lowest BCUT2D eigenvalue weighted by atomic mass is 10.1. The Morgan fingerprint density at radius 3 is 2.62 bits per heavy atom. The van der Waals surface area contributed by atoms with Crippen molar-refractivity contribution in [1.82, 2.24) is 5.32 Å². The van der Waals surface area contributed by atoms with E-state index in [1.165, 1.54) is 0 Å². The van der Waals surface area contributed by atoms with E-state index >= 15 is 0 Å². The number of hydrogen-bond donors (Lipinski definition) is 1. The second-order valence-corrected chi connectivity index (χ2v) is 5.50. The van der Waals surface area contributed by atoms with E-state index in [2.05, 4.69) is 5.32 Å². The summed E-state index contributed by atoms with van der Waals surface area (Å²) in [5.41, 5.74) is 1.57. The molecular formula is C16H20ClNO3. The first kappa shape index (κ1) is 15.7. The third-order valence-electron chi connectivity index (χ3n) is 3.68. The summed E-state index contributed by atoms with van der Waals surface area (Å²) in [5.74, 6) is 1.34. The molecule has 2 rings (SSSR count). The molecule has 21 heavy (non-hydrogen) atoms. The average molecular weight is 310 g/mol. The number of halogens is 1. The predicted molar refractivity (Wildman–Crippen MR) is 82.8 cm³/mol. The number of rotatable bonds is 5. The Morgan fingerprint density at radius 1 is 1.29 bits per heavy atom. The van der Waals surface area contributed by atoms with Crippen LogP contribution in [-0.2, 0) is 4.79 Å². The van der Waals surface area contributed by atoms with Gasteiger partial charge in [0.25, 0.3) is 0 Å². The standard InChI is InChI=1S/C16H20ClNO3/c1-10(18-16(19)12-5-4-6-14(12)17)13-9-11(20-2)7-8-15(13)21-3/h7-10H,4-6H2,1-3H3,(H,18,19)/t10-/m0/s1. The first-order chi connectivity index (χ1) is 10.1. The summed E-state index contributed by atoms with van der Waals surface area (Å²) in [6, 6.07) is 5.33. The highest BCUT2D eigenvalue weighted by atomic mass is 35.5. The molecule has 5 heteroatoms. The van der Waals surface area contributed by atoms with Crippen LogP contribution in [0, 0.1) is 0 Å². The number of ether oxygens (including phenoxy) is 2. The molecule has 0 unspecified atom stereocenters. The zero-order valence-electron chi connectivity index (χ0n) is 12.5. The van der Waals surface area contributed by atoms with Crippen molar-refractivity contribution in [2.24, 2.45) is 0 Å². The summed E-state index contributed by atoms with van der Waals surface area (Å²) >= 11 is 6.08.